The summed E-state index contributed by atoms with van der Waals surface area (Å²) in [5.41, 5.74) is 4.47. The van der Waals surface area contributed by atoms with Crippen LogP contribution in [-0.2, 0) is 19.6 Å². The maximum Gasteiger partial charge on any atom is 0.253 e. The van der Waals surface area contributed by atoms with Crippen molar-refractivity contribution in [3.05, 3.63) is 65.0 Å². The minimum Gasteiger partial charge on any atom is -0.336 e. The lowest BCUT2D eigenvalue weighted by Crippen LogP contribution is -2.48. The van der Waals surface area contributed by atoms with Gasteiger partial charge in [0.1, 0.15) is 0 Å². The van der Waals surface area contributed by atoms with E-state index in [-0.39, 0.29) is 43.1 Å². The molecule has 0 atom stereocenters. The first-order valence-corrected chi connectivity index (χ1v) is 8.54. The highest BCUT2D eigenvalue weighted by Crippen LogP contribution is 2.19. The predicted octanol–water partition coefficient (Wildman–Crippen LogP) is 2.91. The van der Waals surface area contributed by atoms with E-state index in [1.807, 2.05) is 29.3 Å². The van der Waals surface area contributed by atoms with Crippen molar-refractivity contribution < 1.29 is 4.79 Å². The molecular weight excluding hydrogens is 407 g/mol. The van der Waals surface area contributed by atoms with Gasteiger partial charge in [0.25, 0.3) is 5.91 Å². The number of carbonyl (C=O) groups excluding carboxylic acids is 1. The molecule has 0 saturated carbocycles. The van der Waals surface area contributed by atoms with Crippen LogP contribution < -0.4 is 5.32 Å². The topological polar surface area (TPSA) is 48.5 Å². The number of nitrogens with zero attached hydrogens (tertiary/aromatic N) is 3. The first-order chi connectivity index (χ1) is 11.8. The summed E-state index contributed by atoms with van der Waals surface area (Å²) in [4.78, 5) is 21.4. The maximum absolute atomic E-state index is 12.7. The molecule has 3 heterocycles. The number of nitrogens with one attached hydrogen (secondary N) is 1. The number of halogens is 3. The number of aromatic nitrogens is 1. The molecule has 5 nitrogen and oxygen atoms in total. The number of fused-ring (bicyclic) bond motifs is 1. The lowest BCUT2D eigenvalue weighted by Gasteiger charge is -2.34. The average molecular weight is 432 g/mol. The molecule has 1 amide bonds. The Balaban J connectivity index is 0.00000121. The highest BCUT2D eigenvalue weighted by atomic mass is 35.5. The van der Waals surface area contributed by atoms with E-state index in [2.05, 4.69) is 33.4 Å². The summed E-state index contributed by atoms with van der Waals surface area (Å²) < 4.78 is 0. The predicted molar refractivity (Wildman–Crippen MR) is 114 cm³/mol. The van der Waals surface area contributed by atoms with Crippen LogP contribution in [0.15, 0.2) is 42.6 Å². The summed E-state index contributed by atoms with van der Waals surface area (Å²) in [6, 6.07) is 12.1. The van der Waals surface area contributed by atoms with E-state index in [0.717, 1.165) is 57.1 Å². The lowest BCUT2D eigenvalue weighted by molar-refractivity contribution is 0.0627. The Morgan fingerprint density at radius 2 is 1.70 bits per heavy atom. The van der Waals surface area contributed by atoms with E-state index in [0.29, 0.717) is 0 Å². The fourth-order valence-corrected chi connectivity index (χ4v) is 3.44. The minimum absolute atomic E-state index is 0. The van der Waals surface area contributed by atoms with Crippen LogP contribution in [0.25, 0.3) is 0 Å². The molecule has 0 radical (unpaired) electrons. The van der Waals surface area contributed by atoms with Gasteiger partial charge in [0.05, 0.1) is 5.69 Å². The van der Waals surface area contributed by atoms with Crippen molar-refractivity contribution in [3.8, 4) is 0 Å². The van der Waals surface area contributed by atoms with E-state index < -0.39 is 0 Å². The number of piperazine rings is 1. The number of pyridine rings is 1. The van der Waals surface area contributed by atoms with E-state index in [1.165, 1.54) is 11.1 Å². The van der Waals surface area contributed by atoms with Crippen molar-refractivity contribution in [2.24, 2.45) is 0 Å². The van der Waals surface area contributed by atoms with Crippen molar-refractivity contribution >= 4 is 43.1 Å². The molecule has 2 aromatic rings. The monoisotopic (exact) mass is 430 g/mol. The van der Waals surface area contributed by atoms with Crippen LogP contribution in [0.2, 0.25) is 0 Å². The van der Waals surface area contributed by atoms with Gasteiger partial charge in [-0.05, 0) is 35.4 Å². The molecule has 1 N–H and O–H groups in total. The van der Waals surface area contributed by atoms with Crippen molar-refractivity contribution in [3.63, 3.8) is 0 Å². The Kier molecular flexibility index (Phi) is 9.50. The lowest BCUT2D eigenvalue weighted by atomic mass is 10.1. The summed E-state index contributed by atoms with van der Waals surface area (Å²) in [6.45, 7) is 5.99. The zero-order valence-corrected chi connectivity index (χ0v) is 17.4. The Bertz CT molecular complexity index is 737. The second kappa shape index (κ2) is 10.8. The van der Waals surface area contributed by atoms with Crippen LogP contribution in [0.1, 0.15) is 27.2 Å². The highest BCUT2D eigenvalue weighted by Gasteiger charge is 2.23. The number of hydrogen-bond donors (Lipinski definition) is 1. The number of amides is 1. The Morgan fingerprint density at radius 3 is 2.41 bits per heavy atom. The molecule has 2 aliphatic heterocycles. The molecule has 0 aliphatic carbocycles. The van der Waals surface area contributed by atoms with Gasteiger partial charge < -0.3 is 10.2 Å². The molecule has 1 aromatic heterocycles. The van der Waals surface area contributed by atoms with Crippen LogP contribution in [0.5, 0.6) is 0 Å². The molecule has 1 aromatic carbocycles. The Morgan fingerprint density at radius 1 is 0.963 bits per heavy atom. The molecular formula is C19H25Cl3N4O. The van der Waals surface area contributed by atoms with E-state index >= 15 is 0 Å². The number of rotatable bonds is 3. The van der Waals surface area contributed by atoms with Crippen molar-refractivity contribution in [2.75, 3.05) is 26.2 Å². The summed E-state index contributed by atoms with van der Waals surface area (Å²) in [5, 5.41) is 3.32. The second-order valence-corrected chi connectivity index (χ2v) is 6.48. The van der Waals surface area contributed by atoms with Gasteiger partial charge in [-0.25, -0.2) is 0 Å². The van der Waals surface area contributed by atoms with Gasteiger partial charge in [-0.15, -0.1) is 37.2 Å². The molecule has 0 bridgehead atoms. The van der Waals surface area contributed by atoms with E-state index in [4.69, 9.17) is 0 Å². The van der Waals surface area contributed by atoms with Gasteiger partial charge in [-0.1, -0.05) is 12.1 Å². The van der Waals surface area contributed by atoms with Crippen molar-refractivity contribution in [1.82, 2.24) is 20.1 Å². The average Bonchev–Trinajstić information content (AvgIpc) is 3.10. The zero-order chi connectivity index (χ0) is 16.4. The SMILES string of the molecule is Cl.Cl.Cl.O=C(c1ccc2c(c1)CNC2)N1CCN(Cc2ccccn2)CC1. The van der Waals surface area contributed by atoms with Crippen LogP contribution in [0.4, 0.5) is 0 Å². The van der Waals surface area contributed by atoms with Crippen molar-refractivity contribution in [2.45, 2.75) is 19.6 Å². The number of benzene rings is 1. The molecule has 0 spiro atoms. The maximum atomic E-state index is 12.7. The third-order valence-corrected chi connectivity index (χ3v) is 4.86. The van der Waals surface area contributed by atoms with Gasteiger partial charge >= 0.3 is 0 Å². The second-order valence-electron chi connectivity index (χ2n) is 6.48. The standard InChI is InChI=1S/C19H22N4O.3ClH/c24-19(15-4-5-16-12-20-13-17(16)11-15)23-9-7-22(8-10-23)14-18-3-1-2-6-21-18;;;/h1-6,11,20H,7-10,12-14H2;3*1H. The smallest absolute Gasteiger partial charge is 0.253 e. The molecule has 1 fully saturated rings. The summed E-state index contributed by atoms with van der Waals surface area (Å²) in [5.74, 6) is 0.155. The quantitative estimate of drug-likeness (QED) is 0.812. The fraction of sp³-hybridized carbons (Fsp3) is 0.368. The minimum atomic E-state index is 0. The highest BCUT2D eigenvalue weighted by molar-refractivity contribution is 5.94. The Labute approximate surface area is 178 Å². The van der Waals surface area contributed by atoms with Gasteiger partial charge in [0, 0.05) is 57.6 Å². The van der Waals surface area contributed by atoms with Gasteiger partial charge in [0.15, 0.2) is 0 Å². The third-order valence-electron chi connectivity index (χ3n) is 4.86. The first kappa shape index (κ1) is 23.7. The van der Waals surface area contributed by atoms with Crippen LogP contribution in [0.3, 0.4) is 0 Å². The molecule has 2 aliphatic rings. The largest absolute Gasteiger partial charge is 0.336 e. The molecule has 8 heteroatoms. The number of carbonyl (C=O) groups is 1. The van der Waals surface area contributed by atoms with Crippen LogP contribution in [0, 0.1) is 0 Å². The molecule has 148 valence electrons. The van der Waals surface area contributed by atoms with E-state index in [9.17, 15) is 4.79 Å². The molecule has 1 saturated heterocycles. The third kappa shape index (κ3) is 5.56. The molecule has 0 unspecified atom stereocenters. The van der Waals surface area contributed by atoms with Crippen molar-refractivity contribution in [1.29, 1.82) is 0 Å². The number of hydrogen-bond acceptors (Lipinski definition) is 4. The van der Waals surface area contributed by atoms with E-state index in [1.54, 1.807) is 0 Å². The fourth-order valence-electron chi connectivity index (χ4n) is 3.44. The van der Waals surface area contributed by atoms with Crippen LogP contribution >= 0.6 is 37.2 Å². The molecule has 27 heavy (non-hydrogen) atoms. The summed E-state index contributed by atoms with van der Waals surface area (Å²) in [6.07, 6.45) is 1.83. The first-order valence-electron chi connectivity index (χ1n) is 8.54. The molecule has 4 rings (SSSR count). The summed E-state index contributed by atoms with van der Waals surface area (Å²) >= 11 is 0. The van der Waals surface area contributed by atoms with Gasteiger partial charge in [-0.2, -0.15) is 0 Å². The normalized spacial score (nSPS) is 15.8. The van der Waals surface area contributed by atoms with Gasteiger partial charge in [-0.3, -0.25) is 14.7 Å². The van der Waals surface area contributed by atoms with Gasteiger partial charge in [0.2, 0.25) is 0 Å². The Hall–Kier alpha value is -1.37. The zero-order valence-electron chi connectivity index (χ0n) is 15.0. The van der Waals surface area contributed by atoms with Crippen LogP contribution in [-0.4, -0.2) is 46.9 Å². The summed E-state index contributed by atoms with van der Waals surface area (Å²) in [7, 11) is 0.